The van der Waals surface area contributed by atoms with Gasteiger partial charge < -0.3 is 9.84 Å². The van der Waals surface area contributed by atoms with Crippen molar-refractivity contribution in [2.24, 2.45) is 23.7 Å². The highest BCUT2D eigenvalue weighted by Crippen LogP contribution is 2.46. The quantitative estimate of drug-likeness (QED) is 0.540. The summed E-state index contributed by atoms with van der Waals surface area (Å²) in [6.07, 6.45) is 5.16. The standard InChI is InChI=1S/C19H22O5/c1-9-2-12-3-10-6-16-17(21)8-14(24-19(16)23)7-13(20)4-11(10)5-15(12)18(9)22/h5-6,9-14,20H,2-4,7-8H2,1H3. The highest BCUT2D eigenvalue weighted by atomic mass is 16.5. The van der Waals surface area contributed by atoms with Gasteiger partial charge in [0.2, 0.25) is 0 Å². The van der Waals surface area contributed by atoms with Crippen molar-refractivity contribution in [3.05, 3.63) is 23.3 Å². The minimum Gasteiger partial charge on any atom is -0.458 e. The summed E-state index contributed by atoms with van der Waals surface area (Å²) in [6, 6.07) is 0. The summed E-state index contributed by atoms with van der Waals surface area (Å²) in [6.45, 7) is 1.95. The molecule has 6 atom stereocenters. The van der Waals surface area contributed by atoms with Gasteiger partial charge in [0, 0.05) is 18.8 Å². The van der Waals surface area contributed by atoms with Gasteiger partial charge in [-0.2, -0.15) is 0 Å². The van der Waals surface area contributed by atoms with Crippen LogP contribution in [0.15, 0.2) is 23.3 Å². The maximum atomic E-state index is 12.3. The van der Waals surface area contributed by atoms with E-state index in [0.717, 1.165) is 18.4 Å². The Balaban J connectivity index is 1.74. The van der Waals surface area contributed by atoms with Crippen LogP contribution in [0.1, 0.15) is 39.0 Å². The maximum absolute atomic E-state index is 12.3. The van der Waals surface area contributed by atoms with E-state index in [2.05, 4.69) is 0 Å². The second kappa shape index (κ2) is 5.66. The van der Waals surface area contributed by atoms with E-state index in [4.69, 9.17) is 4.74 Å². The number of esters is 1. The van der Waals surface area contributed by atoms with Gasteiger partial charge in [-0.15, -0.1) is 0 Å². The minimum absolute atomic E-state index is 0.00653. The molecule has 0 aromatic heterocycles. The van der Waals surface area contributed by atoms with Crippen molar-refractivity contribution in [2.45, 2.75) is 51.2 Å². The van der Waals surface area contributed by atoms with E-state index in [1.54, 1.807) is 6.08 Å². The summed E-state index contributed by atoms with van der Waals surface area (Å²) in [5.41, 5.74) is 1.05. The van der Waals surface area contributed by atoms with Crippen LogP contribution < -0.4 is 0 Å². The van der Waals surface area contributed by atoms with Crippen LogP contribution in [0.4, 0.5) is 0 Å². The van der Waals surface area contributed by atoms with Crippen LogP contribution in [0.5, 0.6) is 0 Å². The summed E-state index contributed by atoms with van der Waals surface area (Å²) in [5.74, 6) is -0.302. The van der Waals surface area contributed by atoms with Crippen LogP contribution in [0.3, 0.4) is 0 Å². The molecule has 1 N–H and O–H groups in total. The van der Waals surface area contributed by atoms with E-state index in [1.165, 1.54) is 0 Å². The molecule has 6 unspecified atom stereocenters. The van der Waals surface area contributed by atoms with Crippen molar-refractivity contribution in [3.63, 3.8) is 0 Å². The van der Waals surface area contributed by atoms with Crippen LogP contribution in [-0.2, 0) is 19.1 Å². The zero-order chi connectivity index (χ0) is 17.0. The summed E-state index contributed by atoms with van der Waals surface area (Å²) in [5, 5.41) is 10.4. The molecule has 5 aliphatic rings. The fourth-order valence-electron chi connectivity index (χ4n) is 4.79. The maximum Gasteiger partial charge on any atom is 0.341 e. The third-order valence-corrected chi connectivity index (χ3v) is 5.98. The molecule has 2 aliphatic heterocycles. The SMILES string of the molecule is CC1CC2CC3C=C4C(=O)CC(CC(O)CC3C=C2C1=O)OC4=O. The van der Waals surface area contributed by atoms with Crippen molar-refractivity contribution in [2.75, 3.05) is 0 Å². The van der Waals surface area contributed by atoms with Crippen molar-refractivity contribution in [3.8, 4) is 0 Å². The van der Waals surface area contributed by atoms with E-state index in [9.17, 15) is 19.5 Å². The number of Topliss-reactive ketones (excluding diaryl/α,β-unsaturated/α-hetero) is 2. The van der Waals surface area contributed by atoms with Gasteiger partial charge in [-0.05, 0) is 42.6 Å². The number of hydrogen-bond donors (Lipinski definition) is 1. The van der Waals surface area contributed by atoms with Gasteiger partial charge >= 0.3 is 5.97 Å². The number of ether oxygens (including phenoxy) is 1. The van der Waals surface area contributed by atoms with Crippen molar-refractivity contribution in [1.82, 2.24) is 0 Å². The van der Waals surface area contributed by atoms with Gasteiger partial charge in [0.15, 0.2) is 11.6 Å². The third kappa shape index (κ3) is 2.55. The molecule has 1 saturated heterocycles. The predicted octanol–water partition coefficient (Wildman–Crippen LogP) is 1.74. The number of allylic oxidation sites excluding steroid dienone is 3. The largest absolute Gasteiger partial charge is 0.458 e. The lowest BCUT2D eigenvalue weighted by Crippen LogP contribution is -2.38. The summed E-state index contributed by atoms with van der Waals surface area (Å²) >= 11 is 0. The van der Waals surface area contributed by atoms with Gasteiger partial charge in [-0.3, -0.25) is 9.59 Å². The molecule has 5 heteroatoms. The highest BCUT2D eigenvalue weighted by molar-refractivity contribution is 6.18. The number of hydrogen-bond acceptors (Lipinski definition) is 5. The summed E-state index contributed by atoms with van der Waals surface area (Å²) < 4.78 is 5.31. The number of carbonyl (C=O) groups excluding carboxylic acids is 3. The van der Waals surface area contributed by atoms with E-state index < -0.39 is 18.2 Å². The first-order chi connectivity index (χ1) is 11.4. The Morgan fingerprint density at radius 2 is 1.79 bits per heavy atom. The van der Waals surface area contributed by atoms with Crippen molar-refractivity contribution in [1.29, 1.82) is 0 Å². The second-order valence-electron chi connectivity index (χ2n) is 7.74. The number of rotatable bonds is 0. The minimum atomic E-state index is -0.640. The zero-order valence-corrected chi connectivity index (χ0v) is 13.7. The molecule has 0 amide bonds. The number of ketones is 2. The van der Waals surface area contributed by atoms with Gasteiger partial charge in [0.1, 0.15) is 6.10 Å². The van der Waals surface area contributed by atoms with Crippen LogP contribution in [-0.4, -0.2) is 34.9 Å². The van der Waals surface area contributed by atoms with Gasteiger partial charge in [-0.25, -0.2) is 4.79 Å². The Morgan fingerprint density at radius 3 is 2.54 bits per heavy atom. The molecule has 5 nitrogen and oxygen atoms in total. The molecule has 2 heterocycles. The normalized spacial score (nSPS) is 42.0. The highest BCUT2D eigenvalue weighted by Gasteiger charge is 2.43. The van der Waals surface area contributed by atoms with Crippen LogP contribution in [0.25, 0.3) is 0 Å². The summed E-state index contributed by atoms with van der Waals surface area (Å²) in [4.78, 5) is 36.8. The van der Waals surface area contributed by atoms with Crippen LogP contribution in [0.2, 0.25) is 0 Å². The Labute approximate surface area is 140 Å². The van der Waals surface area contributed by atoms with E-state index in [0.29, 0.717) is 6.42 Å². The molecule has 5 rings (SSSR count). The Kier molecular flexibility index (Phi) is 3.71. The van der Waals surface area contributed by atoms with Crippen LogP contribution in [0, 0.1) is 23.7 Å². The lowest BCUT2D eigenvalue weighted by molar-refractivity contribution is -0.153. The third-order valence-electron chi connectivity index (χ3n) is 5.98. The van der Waals surface area contributed by atoms with Crippen LogP contribution >= 0.6 is 0 Å². The van der Waals surface area contributed by atoms with Gasteiger partial charge in [-0.1, -0.05) is 19.1 Å². The van der Waals surface area contributed by atoms with E-state index in [-0.39, 0.29) is 53.7 Å². The lowest BCUT2D eigenvalue weighted by Gasteiger charge is -2.35. The molecule has 3 aliphatic carbocycles. The molecule has 0 spiro atoms. The molecule has 1 saturated carbocycles. The number of fused-ring (bicyclic) bond motifs is 5. The fourth-order valence-corrected chi connectivity index (χ4v) is 4.79. The molecule has 24 heavy (non-hydrogen) atoms. The molecule has 0 aromatic carbocycles. The lowest BCUT2D eigenvalue weighted by atomic mass is 9.72. The Hall–Kier alpha value is -1.75. The van der Waals surface area contributed by atoms with Crippen molar-refractivity contribution < 1.29 is 24.2 Å². The molecule has 128 valence electrons. The molecule has 0 radical (unpaired) electrons. The average Bonchev–Trinajstić information content (AvgIpc) is 2.77. The summed E-state index contributed by atoms with van der Waals surface area (Å²) in [7, 11) is 0. The molecule has 0 aromatic rings. The zero-order valence-electron chi connectivity index (χ0n) is 13.7. The molecule has 2 fully saturated rings. The molecular formula is C19H22O5. The molecular weight excluding hydrogens is 308 g/mol. The average molecular weight is 330 g/mol. The topological polar surface area (TPSA) is 80.7 Å². The monoisotopic (exact) mass is 330 g/mol. The second-order valence-corrected chi connectivity index (χ2v) is 7.74. The first-order valence-electron chi connectivity index (χ1n) is 8.82. The smallest absolute Gasteiger partial charge is 0.341 e. The van der Waals surface area contributed by atoms with Gasteiger partial charge in [0.05, 0.1) is 11.7 Å². The number of aliphatic hydroxyl groups excluding tert-OH is 1. The number of aliphatic hydroxyl groups is 1. The predicted molar refractivity (Wildman–Crippen MR) is 84.8 cm³/mol. The van der Waals surface area contributed by atoms with Crippen molar-refractivity contribution >= 4 is 17.5 Å². The van der Waals surface area contributed by atoms with E-state index in [1.807, 2.05) is 13.0 Å². The fraction of sp³-hybridized carbons (Fsp3) is 0.632. The van der Waals surface area contributed by atoms with Gasteiger partial charge in [0.25, 0.3) is 0 Å². The Morgan fingerprint density at radius 1 is 1.04 bits per heavy atom. The first kappa shape index (κ1) is 15.8. The molecule has 2 bridgehead atoms. The van der Waals surface area contributed by atoms with E-state index >= 15 is 0 Å². The Bertz CT molecular complexity index is 653. The first-order valence-corrected chi connectivity index (χ1v) is 8.82. The number of carbonyl (C=O) groups is 3.